The highest BCUT2D eigenvalue weighted by atomic mass is 16.1. The second-order valence-corrected chi connectivity index (χ2v) is 6.73. The zero-order chi connectivity index (χ0) is 17.6. The number of rotatable bonds is 6. The van der Waals surface area contributed by atoms with Crippen molar-refractivity contribution in [1.82, 2.24) is 25.0 Å². The molecule has 2 aromatic heterocycles. The normalized spacial score (nSPS) is 17.4. The fourth-order valence-electron chi connectivity index (χ4n) is 3.38. The zero-order valence-electron chi connectivity index (χ0n) is 15.1. The first-order valence-electron chi connectivity index (χ1n) is 9.14. The standard InChI is InChI=1S/C19H27N5O/c1-3-10-24-14-17(13-21-24)19(25)22-18-6-11-23(12-7-18)15(2)16-4-8-20-9-5-16/h4-5,8-9,13-15,18H,3,6-7,10-12H2,1-2H3,(H,22,25)/t15-/m0/s1. The Bertz CT molecular complexity index is 676. The van der Waals surface area contributed by atoms with Gasteiger partial charge in [-0.3, -0.25) is 19.4 Å². The summed E-state index contributed by atoms with van der Waals surface area (Å²) in [5.74, 6) is -0.0111. The Kier molecular flexibility index (Phi) is 5.81. The monoisotopic (exact) mass is 341 g/mol. The molecule has 0 bridgehead atoms. The molecule has 0 aliphatic carbocycles. The summed E-state index contributed by atoms with van der Waals surface area (Å²) in [5.41, 5.74) is 1.95. The van der Waals surface area contributed by atoms with E-state index in [1.54, 1.807) is 6.20 Å². The number of hydrogen-bond acceptors (Lipinski definition) is 4. The second kappa shape index (κ2) is 8.25. The highest BCUT2D eigenvalue weighted by molar-refractivity contribution is 5.93. The quantitative estimate of drug-likeness (QED) is 0.877. The van der Waals surface area contributed by atoms with E-state index in [1.807, 2.05) is 23.3 Å². The number of piperidine rings is 1. The van der Waals surface area contributed by atoms with E-state index < -0.39 is 0 Å². The number of amides is 1. The van der Waals surface area contributed by atoms with Gasteiger partial charge in [-0.15, -0.1) is 0 Å². The number of nitrogens with one attached hydrogen (secondary N) is 1. The molecule has 25 heavy (non-hydrogen) atoms. The summed E-state index contributed by atoms with van der Waals surface area (Å²) in [7, 11) is 0. The van der Waals surface area contributed by atoms with Gasteiger partial charge in [-0.05, 0) is 43.9 Å². The van der Waals surface area contributed by atoms with Gasteiger partial charge < -0.3 is 5.32 Å². The molecule has 0 radical (unpaired) electrons. The smallest absolute Gasteiger partial charge is 0.254 e. The van der Waals surface area contributed by atoms with Crippen LogP contribution in [-0.2, 0) is 6.54 Å². The van der Waals surface area contributed by atoms with Crippen LogP contribution in [0.5, 0.6) is 0 Å². The van der Waals surface area contributed by atoms with Crippen LogP contribution in [-0.4, -0.2) is 44.7 Å². The van der Waals surface area contributed by atoms with Crippen molar-refractivity contribution in [2.75, 3.05) is 13.1 Å². The topological polar surface area (TPSA) is 63.1 Å². The van der Waals surface area contributed by atoms with Crippen molar-refractivity contribution in [2.45, 2.75) is 51.7 Å². The van der Waals surface area contributed by atoms with Crippen LogP contribution < -0.4 is 5.32 Å². The number of aromatic nitrogens is 3. The number of aryl methyl sites for hydroxylation is 1. The number of nitrogens with zero attached hydrogens (tertiary/aromatic N) is 4. The van der Waals surface area contributed by atoms with Gasteiger partial charge in [-0.2, -0.15) is 5.10 Å². The molecule has 1 aliphatic rings. The lowest BCUT2D eigenvalue weighted by Crippen LogP contribution is -2.45. The molecule has 6 nitrogen and oxygen atoms in total. The van der Waals surface area contributed by atoms with Crippen LogP contribution in [0, 0.1) is 0 Å². The van der Waals surface area contributed by atoms with Crippen molar-refractivity contribution < 1.29 is 4.79 Å². The Morgan fingerprint density at radius 2 is 2.04 bits per heavy atom. The first-order valence-corrected chi connectivity index (χ1v) is 9.14. The molecule has 134 valence electrons. The Morgan fingerprint density at radius 3 is 2.72 bits per heavy atom. The number of likely N-dealkylation sites (tertiary alicyclic amines) is 1. The Labute approximate surface area is 149 Å². The Balaban J connectivity index is 1.49. The molecule has 1 saturated heterocycles. The first-order chi connectivity index (χ1) is 12.2. The largest absolute Gasteiger partial charge is 0.349 e. The minimum absolute atomic E-state index is 0.0111. The predicted molar refractivity (Wildman–Crippen MR) is 97.2 cm³/mol. The predicted octanol–water partition coefficient (Wildman–Crippen LogP) is 2.64. The maximum absolute atomic E-state index is 12.4. The fourth-order valence-corrected chi connectivity index (χ4v) is 3.38. The average molecular weight is 341 g/mol. The van der Waals surface area contributed by atoms with Gasteiger partial charge in [-0.1, -0.05) is 6.92 Å². The third-order valence-corrected chi connectivity index (χ3v) is 4.95. The molecule has 0 unspecified atom stereocenters. The lowest BCUT2D eigenvalue weighted by molar-refractivity contribution is 0.0896. The molecule has 2 aromatic rings. The number of carbonyl (C=O) groups is 1. The molecule has 1 aliphatic heterocycles. The van der Waals surface area contributed by atoms with Gasteiger partial charge in [0.25, 0.3) is 5.91 Å². The second-order valence-electron chi connectivity index (χ2n) is 6.73. The molecule has 0 spiro atoms. The molecule has 1 amide bonds. The van der Waals surface area contributed by atoms with Crippen LogP contribution in [0.3, 0.4) is 0 Å². The van der Waals surface area contributed by atoms with Gasteiger partial charge in [-0.25, -0.2) is 0 Å². The van der Waals surface area contributed by atoms with E-state index in [2.05, 4.69) is 46.3 Å². The van der Waals surface area contributed by atoms with Crippen molar-refractivity contribution in [3.05, 3.63) is 48.0 Å². The maximum atomic E-state index is 12.4. The lowest BCUT2D eigenvalue weighted by atomic mass is 10.0. The summed E-state index contributed by atoms with van der Waals surface area (Å²) in [6.45, 7) is 7.16. The van der Waals surface area contributed by atoms with Crippen molar-refractivity contribution in [2.24, 2.45) is 0 Å². The van der Waals surface area contributed by atoms with Crippen LogP contribution in [0.2, 0.25) is 0 Å². The molecule has 6 heteroatoms. The van der Waals surface area contributed by atoms with Crippen molar-refractivity contribution in [3.8, 4) is 0 Å². The highest BCUT2D eigenvalue weighted by Gasteiger charge is 2.25. The van der Waals surface area contributed by atoms with E-state index in [1.165, 1.54) is 5.56 Å². The number of hydrogen-bond donors (Lipinski definition) is 1. The molecule has 1 N–H and O–H groups in total. The summed E-state index contributed by atoms with van der Waals surface area (Å²) in [6, 6.07) is 4.77. The average Bonchev–Trinajstić information content (AvgIpc) is 3.12. The molecule has 0 aromatic carbocycles. The van der Waals surface area contributed by atoms with E-state index in [4.69, 9.17) is 0 Å². The van der Waals surface area contributed by atoms with Gasteiger partial charge in [0.1, 0.15) is 0 Å². The van der Waals surface area contributed by atoms with Gasteiger partial charge >= 0.3 is 0 Å². The zero-order valence-corrected chi connectivity index (χ0v) is 15.1. The lowest BCUT2D eigenvalue weighted by Gasteiger charge is -2.36. The SMILES string of the molecule is CCCn1cc(C(=O)NC2CCN([C@@H](C)c3ccncc3)CC2)cn1. The van der Waals surface area contributed by atoms with Crippen LogP contribution in [0.4, 0.5) is 0 Å². The number of pyridine rings is 1. The van der Waals surface area contributed by atoms with Crippen LogP contribution in [0.25, 0.3) is 0 Å². The van der Waals surface area contributed by atoms with E-state index >= 15 is 0 Å². The highest BCUT2D eigenvalue weighted by Crippen LogP contribution is 2.23. The van der Waals surface area contributed by atoms with Gasteiger partial charge in [0.15, 0.2) is 0 Å². The molecule has 0 saturated carbocycles. The Hall–Kier alpha value is -2.21. The van der Waals surface area contributed by atoms with Crippen molar-refractivity contribution in [3.63, 3.8) is 0 Å². The van der Waals surface area contributed by atoms with E-state index in [-0.39, 0.29) is 11.9 Å². The molecule has 1 fully saturated rings. The third kappa shape index (κ3) is 4.45. The summed E-state index contributed by atoms with van der Waals surface area (Å²) in [6.07, 6.45) is 10.1. The van der Waals surface area contributed by atoms with Crippen LogP contribution in [0.1, 0.15) is 55.1 Å². The summed E-state index contributed by atoms with van der Waals surface area (Å²) in [4.78, 5) is 18.9. The van der Waals surface area contributed by atoms with Gasteiger partial charge in [0, 0.05) is 50.3 Å². The molecular weight excluding hydrogens is 314 g/mol. The van der Waals surface area contributed by atoms with Crippen LogP contribution >= 0.6 is 0 Å². The van der Waals surface area contributed by atoms with Crippen molar-refractivity contribution in [1.29, 1.82) is 0 Å². The third-order valence-electron chi connectivity index (χ3n) is 4.95. The van der Waals surface area contributed by atoms with Gasteiger partial charge in [0.2, 0.25) is 0 Å². The van der Waals surface area contributed by atoms with E-state index in [0.29, 0.717) is 11.6 Å². The van der Waals surface area contributed by atoms with E-state index in [0.717, 1.165) is 38.9 Å². The Morgan fingerprint density at radius 1 is 1.32 bits per heavy atom. The fraction of sp³-hybridized carbons (Fsp3) is 0.526. The molecule has 1 atom stereocenters. The van der Waals surface area contributed by atoms with E-state index in [9.17, 15) is 4.79 Å². The van der Waals surface area contributed by atoms with Crippen LogP contribution in [0.15, 0.2) is 36.9 Å². The summed E-state index contributed by atoms with van der Waals surface area (Å²) < 4.78 is 1.83. The molecule has 3 heterocycles. The van der Waals surface area contributed by atoms with Crippen molar-refractivity contribution >= 4 is 5.91 Å². The molecule has 3 rings (SSSR count). The first kappa shape index (κ1) is 17.6. The minimum atomic E-state index is -0.0111. The van der Waals surface area contributed by atoms with Gasteiger partial charge in [0.05, 0.1) is 11.8 Å². The summed E-state index contributed by atoms with van der Waals surface area (Å²) in [5, 5.41) is 7.39. The summed E-state index contributed by atoms with van der Waals surface area (Å²) >= 11 is 0. The molecular formula is C19H27N5O. The maximum Gasteiger partial charge on any atom is 0.254 e. The minimum Gasteiger partial charge on any atom is -0.349 e. The number of carbonyl (C=O) groups excluding carboxylic acids is 1.